The molecule has 6 nitrogen and oxygen atoms in total. The van der Waals surface area contributed by atoms with Crippen LogP contribution in [-0.4, -0.2) is 60.2 Å². The molecule has 0 aliphatic carbocycles. The second-order valence-electron chi connectivity index (χ2n) is 7.28. The molecule has 1 unspecified atom stereocenters. The van der Waals surface area contributed by atoms with Gasteiger partial charge in [-0.05, 0) is 26.3 Å². The summed E-state index contributed by atoms with van der Waals surface area (Å²) in [6.07, 6.45) is 0.0110. The highest BCUT2D eigenvalue weighted by molar-refractivity contribution is 5.86. The Bertz CT molecular complexity index is 583. The van der Waals surface area contributed by atoms with Crippen LogP contribution in [0, 0.1) is 0 Å². The van der Waals surface area contributed by atoms with E-state index in [0.717, 1.165) is 5.56 Å². The standard InChI is InChI=1S/C19H28N2O4/c1-19(2,3)25-18(23)21-12-11-20(4)17(22)16(21)10-13-24-14-15-8-6-5-7-9-15/h5-9,16H,10-14H2,1-4H3. The monoisotopic (exact) mass is 348 g/mol. The zero-order valence-electron chi connectivity index (χ0n) is 15.5. The third kappa shape index (κ3) is 5.74. The van der Waals surface area contributed by atoms with Crippen LogP contribution >= 0.6 is 0 Å². The van der Waals surface area contributed by atoms with E-state index in [1.807, 2.05) is 51.1 Å². The molecule has 138 valence electrons. The van der Waals surface area contributed by atoms with Crippen molar-refractivity contribution in [3.63, 3.8) is 0 Å². The lowest BCUT2D eigenvalue weighted by atomic mass is 10.1. The molecule has 1 aliphatic heterocycles. The molecule has 1 saturated heterocycles. The highest BCUT2D eigenvalue weighted by atomic mass is 16.6. The van der Waals surface area contributed by atoms with Crippen molar-refractivity contribution in [1.82, 2.24) is 9.80 Å². The van der Waals surface area contributed by atoms with Crippen LogP contribution in [0.2, 0.25) is 0 Å². The summed E-state index contributed by atoms with van der Waals surface area (Å²) in [6.45, 7) is 7.34. The van der Waals surface area contributed by atoms with Crippen molar-refractivity contribution >= 4 is 12.0 Å². The topological polar surface area (TPSA) is 59.1 Å². The van der Waals surface area contributed by atoms with Crippen LogP contribution in [0.15, 0.2) is 30.3 Å². The molecule has 0 spiro atoms. The van der Waals surface area contributed by atoms with Crippen LogP contribution < -0.4 is 0 Å². The first kappa shape index (κ1) is 19.2. The summed E-state index contributed by atoms with van der Waals surface area (Å²) in [5, 5.41) is 0. The maximum atomic E-state index is 12.5. The normalized spacial score (nSPS) is 18.4. The molecule has 1 heterocycles. The number of rotatable bonds is 5. The van der Waals surface area contributed by atoms with E-state index >= 15 is 0 Å². The molecule has 1 aliphatic rings. The Labute approximate surface area is 149 Å². The molecule has 0 N–H and O–H groups in total. The molecule has 1 aromatic carbocycles. The molecule has 2 rings (SSSR count). The van der Waals surface area contributed by atoms with Gasteiger partial charge in [-0.3, -0.25) is 9.69 Å². The molecule has 25 heavy (non-hydrogen) atoms. The molecule has 0 saturated carbocycles. The van der Waals surface area contributed by atoms with E-state index in [0.29, 0.717) is 32.7 Å². The van der Waals surface area contributed by atoms with Gasteiger partial charge in [0.15, 0.2) is 0 Å². The van der Waals surface area contributed by atoms with Gasteiger partial charge in [0.05, 0.1) is 6.61 Å². The lowest BCUT2D eigenvalue weighted by molar-refractivity contribution is -0.140. The minimum Gasteiger partial charge on any atom is -0.444 e. The van der Waals surface area contributed by atoms with Gasteiger partial charge in [-0.2, -0.15) is 0 Å². The molecule has 2 amide bonds. The summed E-state index contributed by atoms with van der Waals surface area (Å²) in [7, 11) is 1.76. The number of carbonyl (C=O) groups is 2. The first-order chi connectivity index (χ1) is 11.8. The Hall–Kier alpha value is -2.08. The van der Waals surface area contributed by atoms with Gasteiger partial charge in [-0.25, -0.2) is 4.79 Å². The number of hydrogen-bond donors (Lipinski definition) is 0. The van der Waals surface area contributed by atoms with Crippen molar-refractivity contribution in [3.8, 4) is 0 Å². The molecule has 0 radical (unpaired) electrons. The van der Waals surface area contributed by atoms with Gasteiger partial charge in [-0.15, -0.1) is 0 Å². The maximum absolute atomic E-state index is 12.5. The molecular weight excluding hydrogens is 320 g/mol. The van der Waals surface area contributed by atoms with E-state index in [4.69, 9.17) is 9.47 Å². The summed E-state index contributed by atoms with van der Waals surface area (Å²) in [6, 6.07) is 9.33. The van der Waals surface area contributed by atoms with Crippen molar-refractivity contribution in [1.29, 1.82) is 0 Å². The summed E-state index contributed by atoms with van der Waals surface area (Å²) < 4.78 is 11.1. The molecule has 1 fully saturated rings. The largest absolute Gasteiger partial charge is 0.444 e. The third-order valence-electron chi connectivity index (χ3n) is 3.99. The zero-order chi connectivity index (χ0) is 18.4. The Kier molecular flexibility index (Phi) is 6.42. The number of hydrogen-bond acceptors (Lipinski definition) is 4. The number of piperazine rings is 1. The van der Waals surface area contributed by atoms with Crippen molar-refractivity contribution in [2.24, 2.45) is 0 Å². The number of nitrogens with zero attached hydrogens (tertiary/aromatic N) is 2. The fraction of sp³-hybridized carbons (Fsp3) is 0.579. The fourth-order valence-electron chi connectivity index (χ4n) is 2.69. The van der Waals surface area contributed by atoms with Crippen LogP contribution in [0.5, 0.6) is 0 Å². The van der Waals surface area contributed by atoms with Crippen molar-refractivity contribution < 1.29 is 19.1 Å². The third-order valence-corrected chi connectivity index (χ3v) is 3.99. The highest BCUT2D eigenvalue weighted by Crippen LogP contribution is 2.18. The molecule has 1 atom stereocenters. The summed E-state index contributed by atoms with van der Waals surface area (Å²) >= 11 is 0. The van der Waals surface area contributed by atoms with Crippen molar-refractivity contribution in [3.05, 3.63) is 35.9 Å². The average molecular weight is 348 g/mol. The Morgan fingerprint density at radius 3 is 2.52 bits per heavy atom. The second-order valence-corrected chi connectivity index (χ2v) is 7.28. The van der Waals surface area contributed by atoms with Crippen molar-refractivity contribution in [2.45, 2.75) is 45.4 Å². The van der Waals surface area contributed by atoms with Gasteiger partial charge >= 0.3 is 6.09 Å². The zero-order valence-corrected chi connectivity index (χ0v) is 15.5. The lowest BCUT2D eigenvalue weighted by Gasteiger charge is -2.39. The number of carbonyl (C=O) groups excluding carboxylic acids is 2. The van der Waals surface area contributed by atoms with Gasteiger partial charge in [-0.1, -0.05) is 30.3 Å². The predicted molar refractivity (Wildman–Crippen MR) is 95.1 cm³/mol. The molecule has 6 heteroatoms. The number of likely N-dealkylation sites (N-methyl/N-ethyl adjacent to an activating group) is 1. The minimum absolute atomic E-state index is 0.0691. The van der Waals surface area contributed by atoms with Gasteiger partial charge in [0.2, 0.25) is 5.91 Å². The van der Waals surface area contributed by atoms with E-state index in [1.165, 1.54) is 4.90 Å². The van der Waals surface area contributed by atoms with E-state index in [-0.39, 0.29) is 5.91 Å². The first-order valence-electron chi connectivity index (χ1n) is 8.64. The molecule has 1 aromatic rings. The van der Waals surface area contributed by atoms with Gasteiger partial charge in [0, 0.05) is 33.2 Å². The molecule has 0 aromatic heterocycles. The summed E-state index contributed by atoms with van der Waals surface area (Å²) in [4.78, 5) is 28.1. The van der Waals surface area contributed by atoms with Crippen LogP contribution in [0.25, 0.3) is 0 Å². The van der Waals surface area contributed by atoms with Gasteiger partial charge < -0.3 is 14.4 Å². The first-order valence-corrected chi connectivity index (χ1v) is 8.64. The van der Waals surface area contributed by atoms with Crippen LogP contribution in [0.1, 0.15) is 32.8 Å². The Balaban J connectivity index is 1.92. The van der Waals surface area contributed by atoms with Crippen LogP contribution in [-0.2, 0) is 20.9 Å². The minimum atomic E-state index is -0.585. The van der Waals surface area contributed by atoms with Crippen molar-refractivity contribution in [2.75, 3.05) is 26.7 Å². The van der Waals surface area contributed by atoms with Gasteiger partial charge in [0.25, 0.3) is 0 Å². The van der Waals surface area contributed by atoms with Crippen LogP contribution in [0.3, 0.4) is 0 Å². The summed E-state index contributed by atoms with van der Waals surface area (Å²) in [5.41, 5.74) is 0.497. The van der Waals surface area contributed by atoms with Crippen LogP contribution in [0.4, 0.5) is 4.79 Å². The van der Waals surface area contributed by atoms with Gasteiger partial charge in [0.1, 0.15) is 11.6 Å². The second kappa shape index (κ2) is 8.34. The Morgan fingerprint density at radius 2 is 1.88 bits per heavy atom. The lowest BCUT2D eigenvalue weighted by Crippen LogP contribution is -2.58. The molecule has 0 bridgehead atoms. The summed E-state index contributed by atoms with van der Waals surface area (Å²) in [5.74, 6) is -0.0691. The highest BCUT2D eigenvalue weighted by Gasteiger charge is 2.37. The smallest absolute Gasteiger partial charge is 0.411 e. The number of benzene rings is 1. The van der Waals surface area contributed by atoms with E-state index in [2.05, 4.69) is 0 Å². The number of amides is 2. The maximum Gasteiger partial charge on any atom is 0.411 e. The number of ether oxygens (including phenoxy) is 2. The van der Waals surface area contributed by atoms with E-state index < -0.39 is 17.7 Å². The average Bonchev–Trinajstić information content (AvgIpc) is 2.54. The predicted octanol–water partition coefficient (Wildman–Crippen LogP) is 2.67. The van der Waals surface area contributed by atoms with E-state index in [1.54, 1.807) is 11.9 Å². The SMILES string of the molecule is CN1CCN(C(=O)OC(C)(C)C)C(CCOCc2ccccc2)C1=O. The molecular formula is C19H28N2O4. The Morgan fingerprint density at radius 1 is 1.20 bits per heavy atom. The quantitative estimate of drug-likeness (QED) is 0.768. The fourth-order valence-corrected chi connectivity index (χ4v) is 2.69. The van der Waals surface area contributed by atoms with E-state index in [9.17, 15) is 9.59 Å².